The topological polar surface area (TPSA) is 84.5 Å². The highest BCUT2D eigenvalue weighted by Crippen LogP contribution is 2.21. The summed E-state index contributed by atoms with van der Waals surface area (Å²) in [5.74, 6) is 0.305. The number of anilines is 1. The number of carbonyl (C=O) groups is 1. The molecule has 0 aliphatic carbocycles. The molecule has 0 saturated carbocycles. The summed E-state index contributed by atoms with van der Waals surface area (Å²) in [5.41, 5.74) is 2.10. The molecule has 2 N–H and O–H groups in total. The summed E-state index contributed by atoms with van der Waals surface area (Å²) in [6.45, 7) is 1.96. The number of benzene rings is 3. The smallest absolute Gasteiger partial charge is 0.262 e. The molecule has 6 nitrogen and oxygen atoms in total. The van der Waals surface area contributed by atoms with E-state index in [4.69, 9.17) is 4.74 Å². The first-order valence-corrected chi connectivity index (χ1v) is 10.5. The van der Waals surface area contributed by atoms with E-state index in [9.17, 15) is 13.2 Å². The van der Waals surface area contributed by atoms with Gasteiger partial charge < -0.3 is 10.1 Å². The summed E-state index contributed by atoms with van der Waals surface area (Å²) < 4.78 is 33.4. The van der Waals surface area contributed by atoms with E-state index in [1.54, 1.807) is 56.5 Å². The fourth-order valence-corrected chi connectivity index (χ4v) is 4.20. The molecular weight excluding hydrogens is 388 g/mol. The molecule has 3 aromatic carbocycles. The van der Waals surface area contributed by atoms with Crippen LogP contribution in [0.3, 0.4) is 0 Å². The van der Waals surface area contributed by atoms with E-state index < -0.39 is 10.0 Å². The lowest BCUT2D eigenvalue weighted by Gasteiger charge is -2.13. The molecular formula is C22H22N2O4S. The van der Waals surface area contributed by atoms with Crippen molar-refractivity contribution < 1.29 is 17.9 Å². The zero-order valence-corrected chi connectivity index (χ0v) is 17.0. The number of hydrogen-bond acceptors (Lipinski definition) is 4. The maximum absolute atomic E-state index is 12.8. The summed E-state index contributed by atoms with van der Waals surface area (Å²) in [4.78, 5) is 12.7. The molecule has 0 saturated heterocycles. The van der Waals surface area contributed by atoms with Gasteiger partial charge in [0, 0.05) is 23.4 Å². The molecule has 150 valence electrons. The van der Waals surface area contributed by atoms with Gasteiger partial charge in [-0.1, -0.05) is 42.5 Å². The van der Waals surface area contributed by atoms with Crippen LogP contribution in [0.25, 0.3) is 0 Å². The zero-order chi connectivity index (χ0) is 20.9. The first-order chi connectivity index (χ1) is 13.9. The van der Waals surface area contributed by atoms with E-state index in [-0.39, 0.29) is 22.9 Å². The molecule has 0 bridgehead atoms. The molecule has 3 aromatic rings. The number of nitrogens with one attached hydrogen (secondary N) is 2. The van der Waals surface area contributed by atoms with Crippen LogP contribution >= 0.6 is 0 Å². The van der Waals surface area contributed by atoms with Gasteiger partial charge in [-0.05, 0) is 42.8 Å². The second-order valence-corrected chi connectivity index (χ2v) is 8.10. The minimum absolute atomic E-state index is 0.0614. The third-order valence-corrected chi connectivity index (χ3v) is 5.92. The summed E-state index contributed by atoms with van der Waals surface area (Å²) in [6, 6.07) is 20.6. The highest BCUT2D eigenvalue weighted by molar-refractivity contribution is 7.92. The Labute approximate surface area is 170 Å². The minimum Gasteiger partial charge on any atom is -0.496 e. The molecule has 3 rings (SSSR count). The lowest BCUT2D eigenvalue weighted by atomic mass is 10.1. The fourth-order valence-electron chi connectivity index (χ4n) is 2.87. The van der Waals surface area contributed by atoms with Crippen molar-refractivity contribution >= 4 is 21.6 Å². The maximum atomic E-state index is 12.8. The fraction of sp³-hybridized carbons (Fsp3) is 0.136. The van der Waals surface area contributed by atoms with Crippen molar-refractivity contribution in [3.05, 3.63) is 89.5 Å². The van der Waals surface area contributed by atoms with Crippen LogP contribution in [0.4, 0.5) is 5.69 Å². The molecule has 7 heteroatoms. The van der Waals surface area contributed by atoms with Crippen molar-refractivity contribution in [2.45, 2.75) is 18.4 Å². The molecule has 29 heavy (non-hydrogen) atoms. The van der Waals surface area contributed by atoms with Crippen molar-refractivity contribution in [3.8, 4) is 5.75 Å². The Hall–Kier alpha value is -3.32. The van der Waals surface area contributed by atoms with Crippen LogP contribution in [0, 0.1) is 6.92 Å². The Kier molecular flexibility index (Phi) is 6.19. The summed E-state index contributed by atoms with van der Waals surface area (Å²) in [5, 5.41) is 2.80. The molecule has 0 aromatic heterocycles. The minimum atomic E-state index is -3.83. The molecule has 0 spiro atoms. The highest BCUT2D eigenvalue weighted by Gasteiger charge is 2.19. The molecule has 0 aliphatic heterocycles. The molecule has 0 heterocycles. The predicted octanol–water partition coefficient (Wildman–Crippen LogP) is 3.73. The first-order valence-electron chi connectivity index (χ1n) is 8.99. The molecule has 1 amide bonds. The van der Waals surface area contributed by atoms with Crippen LogP contribution in [0.2, 0.25) is 0 Å². The van der Waals surface area contributed by atoms with Gasteiger partial charge in [0.05, 0.1) is 12.0 Å². The van der Waals surface area contributed by atoms with E-state index in [0.29, 0.717) is 17.0 Å². The number of para-hydroxylation sites is 2. The lowest BCUT2D eigenvalue weighted by Crippen LogP contribution is -2.24. The number of aryl methyl sites for hydroxylation is 1. The summed E-state index contributed by atoms with van der Waals surface area (Å²) in [7, 11) is -2.26. The van der Waals surface area contributed by atoms with E-state index in [0.717, 1.165) is 5.56 Å². The second-order valence-electron chi connectivity index (χ2n) is 6.45. The van der Waals surface area contributed by atoms with Gasteiger partial charge in [-0.3, -0.25) is 9.52 Å². The quantitative estimate of drug-likeness (QED) is 0.622. The van der Waals surface area contributed by atoms with Gasteiger partial charge in [0.25, 0.3) is 15.9 Å². The lowest BCUT2D eigenvalue weighted by molar-refractivity contribution is 0.0950. The van der Waals surface area contributed by atoms with Gasteiger partial charge in [-0.25, -0.2) is 8.42 Å². The Morgan fingerprint density at radius 3 is 2.38 bits per heavy atom. The Morgan fingerprint density at radius 2 is 1.66 bits per heavy atom. The van der Waals surface area contributed by atoms with Crippen LogP contribution in [-0.2, 0) is 16.6 Å². The monoisotopic (exact) mass is 410 g/mol. The molecule has 0 atom stereocenters. The number of ether oxygens (including phenoxy) is 1. The van der Waals surface area contributed by atoms with E-state index in [2.05, 4.69) is 10.0 Å². The van der Waals surface area contributed by atoms with E-state index in [1.807, 2.05) is 24.3 Å². The average Bonchev–Trinajstić information content (AvgIpc) is 2.72. The number of rotatable bonds is 7. The van der Waals surface area contributed by atoms with E-state index in [1.165, 1.54) is 6.07 Å². The van der Waals surface area contributed by atoms with Gasteiger partial charge >= 0.3 is 0 Å². The average molecular weight is 410 g/mol. The SMILES string of the molecule is COc1ccccc1CNC(=O)c1ccc(C)c(S(=O)(=O)Nc2ccccc2)c1. The van der Waals surface area contributed by atoms with Gasteiger partial charge in [0.2, 0.25) is 0 Å². The number of methoxy groups -OCH3 is 1. The van der Waals surface area contributed by atoms with Gasteiger partial charge in [-0.2, -0.15) is 0 Å². The third-order valence-electron chi connectivity index (χ3n) is 4.40. The van der Waals surface area contributed by atoms with Crippen LogP contribution in [0.1, 0.15) is 21.5 Å². The summed E-state index contributed by atoms with van der Waals surface area (Å²) >= 11 is 0. The standard InChI is InChI=1S/C22H22N2O4S/c1-16-12-13-17(22(25)23-15-18-8-6-7-11-20(18)28-2)14-21(16)29(26,27)24-19-9-4-3-5-10-19/h3-14,24H,15H2,1-2H3,(H,23,25). The maximum Gasteiger partial charge on any atom is 0.262 e. The van der Waals surface area contributed by atoms with Crippen molar-refractivity contribution in [3.63, 3.8) is 0 Å². The Balaban J connectivity index is 1.80. The van der Waals surface area contributed by atoms with Crippen molar-refractivity contribution in [1.82, 2.24) is 5.32 Å². The van der Waals surface area contributed by atoms with Crippen LogP contribution in [0.15, 0.2) is 77.7 Å². The Morgan fingerprint density at radius 1 is 0.966 bits per heavy atom. The van der Waals surface area contributed by atoms with Crippen LogP contribution in [-0.4, -0.2) is 21.4 Å². The molecule has 0 aliphatic rings. The predicted molar refractivity (Wildman–Crippen MR) is 113 cm³/mol. The van der Waals surface area contributed by atoms with Crippen molar-refractivity contribution in [2.24, 2.45) is 0 Å². The van der Waals surface area contributed by atoms with Gasteiger partial charge in [-0.15, -0.1) is 0 Å². The number of hydrogen-bond donors (Lipinski definition) is 2. The normalized spacial score (nSPS) is 11.0. The third kappa shape index (κ3) is 4.94. The van der Waals surface area contributed by atoms with Crippen molar-refractivity contribution in [2.75, 3.05) is 11.8 Å². The Bertz CT molecular complexity index is 1110. The number of amides is 1. The highest BCUT2D eigenvalue weighted by atomic mass is 32.2. The number of sulfonamides is 1. The first kappa shape index (κ1) is 20.4. The van der Waals surface area contributed by atoms with Gasteiger partial charge in [0.15, 0.2) is 0 Å². The molecule has 0 fully saturated rings. The number of carbonyl (C=O) groups excluding carboxylic acids is 1. The van der Waals surface area contributed by atoms with Gasteiger partial charge in [0.1, 0.15) is 5.75 Å². The zero-order valence-electron chi connectivity index (χ0n) is 16.2. The largest absolute Gasteiger partial charge is 0.496 e. The molecule has 0 unspecified atom stereocenters. The van der Waals surface area contributed by atoms with E-state index >= 15 is 0 Å². The second kappa shape index (κ2) is 8.79. The van der Waals surface area contributed by atoms with Crippen LogP contribution in [0.5, 0.6) is 5.75 Å². The van der Waals surface area contributed by atoms with Crippen molar-refractivity contribution in [1.29, 1.82) is 0 Å². The molecule has 0 radical (unpaired) electrons. The van der Waals surface area contributed by atoms with Crippen LogP contribution < -0.4 is 14.8 Å². The summed E-state index contributed by atoms with van der Waals surface area (Å²) in [6.07, 6.45) is 0.